The SMILES string of the molecule is CCc1ccccc1NC(=O)COC(=O)C12C[C@@H]3C[C@@H](CC(Cl)(C3)C1)C2. The van der Waals surface area contributed by atoms with Gasteiger partial charge >= 0.3 is 5.97 Å². The van der Waals surface area contributed by atoms with Gasteiger partial charge < -0.3 is 10.1 Å². The topological polar surface area (TPSA) is 55.4 Å². The fraction of sp³-hybridized carbons (Fsp3) is 0.619. The number of carbonyl (C=O) groups is 2. The van der Waals surface area contributed by atoms with Crippen molar-refractivity contribution < 1.29 is 14.3 Å². The van der Waals surface area contributed by atoms with Crippen LogP contribution >= 0.6 is 11.6 Å². The number of anilines is 1. The Labute approximate surface area is 159 Å². The summed E-state index contributed by atoms with van der Waals surface area (Å²) in [5.41, 5.74) is 1.39. The molecule has 0 spiro atoms. The smallest absolute Gasteiger partial charge is 0.312 e. The van der Waals surface area contributed by atoms with Gasteiger partial charge in [0, 0.05) is 10.6 Å². The largest absolute Gasteiger partial charge is 0.455 e. The minimum atomic E-state index is -0.465. The van der Waals surface area contributed by atoms with Crippen molar-refractivity contribution in [1.82, 2.24) is 0 Å². The molecule has 1 N–H and O–H groups in total. The molecule has 0 aliphatic heterocycles. The van der Waals surface area contributed by atoms with Crippen LogP contribution in [0.5, 0.6) is 0 Å². The second kappa shape index (κ2) is 6.56. The van der Waals surface area contributed by atoms with Gasteiger partial charge in [-0.25, -0.2) is 0 Å². The zero-order valence-corrected chi connectivity index (χ0v) is 16.0. The summed E-state index contributed by atoms with van der Waals surface area (Å²) in [6, 6.07) is 7.69. The van der Waals surface area contributed by atoms with Crippen LogP contribution in [-0.4, -0.2) is 23.4 Å². The summed E-state index contributed by atoms with van der Waals surface area (Å²) < 4.78 is 5.47. The number of esters is 1. The van der Waals surface area contributed by atoms with E-state index in [1.807, 2.05) is 31.2 Å². The standard InChI is InChI=1S/C21H26ClNO3/c1-2-16-5-3-4-6-17(16)23-18(24)12-26-19(25)20-8-14-7-15(9-20)11-21(22,10-14)13-20/h3-6,14-15H,2,7-13H2,1H3,(H,23,24)/t14-,15+,20?,21?. The van der Waals surface area contributed by atoms with Crippen molar-refractivity contribution in [3.8, 4) is 0 Å². The van der Waals surface area contributed by atoms with Gasteiger partial charge in [-0.05, 0) is 68.4 Å². The van der Waals surface area contributed by atoms with E-state index in [0.717, 1.165) is 43.4 Å². The van der Waals surface area contributed by atoms with Crippen LogP contribution in [0.3, 0.4) is 0 Å². The molecule has 5 heteroatoms. The van der Waals surface area contributed by atoms with E-state index < -0.39 is 5.41 Å². The minimum absolute atomic E-state index is 0.226. The maximum atomic E-state index is 12.9. The molecule has 4 fully saturated rings. The molecule has 2 unspecified atom stereocenters. The van der Waals surface area contributed by atoms with E-state index in [1.54, 1.807) is 0 Å². The van der Waals surface area contributed by atoms with E-state index in [1.165, 1.54) is 6.42 Å². The Kier molecular flexibility index (Phi) is 4.50. The molecule has 4 bridgehead atoms. The first kappa shape index (κ1) is 17.8. The zero-order valence-electron chi connectivity index (χ0n) is 15.2. The van der Waals surface area contributed by atoms with Crippen LogP contribution in [0, 0.1) is 17.3 Å². The van der Waals surface area contributed by atoms with E-state index in [9.17, 15) is 9.59 Å². The van der Waals surface area contributed by atoms with Crippen molar-refractivity contribution >= 4 is 29.2 Å². The molecule has 4 nitrogen and oxygen atoms in total. The molecule has 5 rings (SSSR count). The van der Waals surface area contributed by atoms with Crippen molar-refractivity contribution in [2.75, 3.05) is 11.9 Å². The Morgan fingerprint density at radius 2 is 1.88 bits per heavy atom. The Morgan fingerprint density at radius 1 is 1.19 bits per heavy atom. The highest BCUT2D eigenvalue weighted by atomic mass is 35.5. The van der Waals surface area contributed by atoms with Crippen LogP contribution in [0.4, 0.5) is 5.69 Å². The second-order valence-electron chi connectivity index (χ2n) is 8.53. The normalized spacial score (nSPS) is 34.5. The predicted molar refractivity (Wildman–Crippen MR) is 101 cm³/mol. The number of rotatable bonds is 5. The van der Waals surface area contributed by atoms with E-state index >= 15 is 0 Å². The highest BCUT2D eigenvalue weighted by molar-refractivity contribution is 6.24. The molecule has 0 aromatic heterocycles. The van der Waals surface area contributed by atoms with Crippen LogP contribution in [-0.2, 0) is 20.7 Å². The average Bonchev–Trinajstić information content (AvgIpc) is 2.58. The van der Waals surface area contributed by atoms with E-state index in [-0.39, 0.29) is 23.4 Å². The van der Waals surface area contributed by atoms with Gasteiger partial charge in [0.25, 0.3) is 5.91 Å². The first-order valence-electron chi connectivity index (χ1n) is 9.65. The summed E-state index contributed by atoms with van der Waals surface area (Å²) in [7, 11) is 0. The molecule has 140 valence electrons. The number of ether oxygens (including phenoxy) is 1. The molecular formula is C21H26ClNO3. The van der Waals surface area contributed by atoms with Crippen molar-refractivity contribution in [1.29, 1.82) is 0 Å². The number of carbonyl (C=O) groups excluding carboxylic acids is 2. The van der Waals surface area contributed by atoms with Gasteiger partial charge in [0.05, 0.1) is 5.41 Å². The van der Waals surface area contributed by atoms with Gasteiger partial charge in [0.15, 0.2) is 6.61 Å². The number of alkyl halides is 1. The van der Waals surface area contributed by atoms with Crippen LogP contribution in [0.25, 0.3) is 0 Å². The van der Waals surface area contributed by atoms with Crippen LogP contribution in [0.2, 0.25) is 0 Å². The summed E-state index contributed by atoms with van der Waals surface area (Å²) in [6.07, 6.45) is 6.52. The Bertz CT molecular complexity index is 718. The third-order valence-corrected chi connectivity index (χ3v) is 6.87. The number of benzene rings is 1. The molecule has 26 heavy (non-hydrogen) atoms. The summed E-state index contributed by atoms with van der Waals surface area (Å²) in [4.78, 5) is 24.9. The van der Waals surface area contributed by atoms with Gasteiger partial charge in [-0.15, -0.1) is 11.6 Å². The lowest BCUT2D eigenvalue weighted by molar-refractivity contribution is -0.171. The minimum Gasteiger partial charge on any atom is -0.455 e. The lowest BCUT2D eigenvalue weighted by Gasteiger charge is -2.58. The van der Waals surface area contributed by atoms with Crippen molar-refractivity contribution in [3.63, 3.8) is 0 Å². The Morgan fingerprint density at radius 3 is 2.54 bits per heavy atom. The lowest BCUT2D eigenvalue weighted by Crippen LogP contribution is -2.56. The quantitative estimate of drug-likeness (QED) is 0.616. The molecule has 0 heterocycles. The maximum Gasteiger partial charge on any atom is 0.312 e. The zero-order chi connectivity index (χ0) is 18.4. The molecule has 0 radical (unpaired) electrons. The van der Waals surface area contributed by atoms with Crippen molar-refractivity contribution in [2.24, 2.45) is 17.3 Å². The number of aryl methyl sites for hydroxylation is 1. The molecule has 4 aliphatic carbocycles. The van der Waals surface area contributed by atoms with E-state index in [0.29, 0.717) is 18.3 Å². The highest BCUT2D eigenvalue weighted by Crippen LogP contribution is 2.64. The van der Waals surface area contributed by atoms with Gasteiger partial charge in [0.1, 0.15) is 0 Å². The van der Waals surface area contributed by atoms with Gasteiger partial charge in [-0.3, -0.25) is 9.59 Å². The fourth-order valence-electron chi connectivity index (χ4n) is 5.81. The number of nitrogens with one attached hydrogen (secondary N) is 1. The van der Waals surface area contributed by atoms with Crippen LogP contribution in [0.15, 0.2) is 24.3 Å². The number of hydrogen-bond acceptors (Lipinski definition) is 3. The van der Waals surface area contributed by atoms with Crippen molar-refractivity contribution in [2.45, 2.75) is 56.7 Å². The molecule has 1 amide bonds. The first-order chi connectivity index (χ1) is 12.4. The molecule has 4 atom stereocenters. The van der Waals surface area contributed by atoms with Crippen molar-refractivity contribution in [3.05, 3.63) is 29.8 Å². The molecule has 4 saturated carbocycles. The summed E-state index contributed by atoms with van der Waals surface area (Å²) in [5.74, 6) is 0.554. The molecule has 1 aromatic carbocycles. The number of amides is 1. The van der Waals surface area contributed by atoms with Gasteiger partial charge in [-0.1, -0.05) is 25.1 Å². The van der Waals surface area contributed by atoms with E-state index in [4.69, 9.17) is 16.3 Å². The summed E-state index contributed by atoms with van der Waals surface area (Å²) >= 11 is 6.78. The maximum absolute atomic E-state index is 12.9. The van der Waals surface area contributed by atoms with Crippen LogP contribution < -0.4 is 5.32 Å². The third kappa shape index (κ3) is 3.24. The first-order valence-corrected chi connectivity index (χ1v) is 10.0. The predicted octanol–water partition coefficient (Wildman–Crippen LogP) is 4.31. The monoisotopic (exact) mass is 375 g/mol. The average molecular weight is 376 g/mol. The highest BCUT2D eigenvalue weighted by Gasteiger charge is 2.60. The number of para-hydroxylation sites is 1. The van der Waals surface area contributed by atoms with Crippen LogP contribution in [0.1, 0.15) is 51.0 Å². The molecule has 4 aliphatic rings. The number of halogens is 1. The Hall–Kier alpha value is -1.55. The number of hydrogen-bond donors (Lipinski definition) is 1. The summed E-state index contributed by atoms with van der Waals surface area (Å²) in [5, 5.41) is 2.86. The third-order valence-electron chi connectivity index (χ3n) is 6.43. The fourth-order valence-corrected chi connectivity index (χ4v) is 6.50. The van der Waals surface area contributed by atoms with E-state index in [2.05, 4.69) is 5.32 Å². The molecular weight excluding hydrogens is 350 g/mol. The second-order valence-corrected chi connectivity index (χ2v) is 9.33. The molecule has 1 aromatic rings. The molecule has 0 saturated heterocycles. The Balaban J connectivity index is 1.37. The van der Waals surface area contributed by atoms with Gasteiger partial charge in [-0.2, -0.15) is 0 Å². The summed E-state index contributed by atoms with van der Waals surface area (Å²) in [6.45, 7) is 1.81. The van der Waals surface area contributed by atoms with Gasteiger partial charge in [0.2, 0.25) is 0 Å². The lowest BCUT2D eigenvalue weighted by atomic mass is 9.49.